The first-order valence-corrected chi connectivity index (χ1v) is 12.5. The minimum atomic E-state index is -5.40. The Morgan fingerprint density at radius 2 is 1.84 bits per heavy atom. The van der Waals surface area contributed by atoms with Gasteiger partial charge in [-0.1, -0.05) is 27.6 Å². The number of aryl methyl sites for hydroxylation is 1. The van der Waals surface area contributed by atoms with Gasteiger partial charge in [-0.15, -0.1) is 0 Å². The van der Waals surface area contributed by atoms with Crippen LogP contribution < -0.4 is 14.4 Å². The first kappa shape index (κ1) is 27.8. The Morgan fingerprint density at radius 3 is 2.46 bits per heavy atom. The zero-order valence-electron chi connectivity index (χ0n) is 19.3. The van der Waals surface area contributed by atoms with E-state index in [4.69, 9.17) is 21.6 Å². The zero-order chi connectivity index (χ0) is 27.2. The average Bonchev–Trinajstić information content (AvgIpc) is 2.87. The van der Waals surface area contributed by atoms with E-state index in [1.807, 2.05) is 12.1 Å². The van der Waals surface area contributed by atoms with Crippen LogP contribution in [0.1, 0.15) is 34.5 Å². The smallest absolute Gasteiger partial charge is 0.399 e. The van der Waals surface area contributed by atoms with Crippen molar-refractivity contribution in [2.24, 2.45) is 0 Å². The topological polar surface area (TPSA) is 112 Å². The van der Waals surface area contributed by atoms with E-state index in [0.717, 1.165) is 30.0 Å². The fourth-order valence-corrected chi connectivity index (χ4v) is 4.37. The quantitative estimate of drug-likeness (QED) is 0.274. The summed E-state index contributed by atoms with van der Waals surface area (Å²) in [7, 11) is -3.87. The molecule has 1 amide bonds. The number of methoxy groups -OCH3 is 1. The van der Waals surface area contributed by atoms with Crippen molar-refractivity contribution in [1.82, 2.24) is 4.98 Å². The number of rotatable bonds is 10. The van der Waals surface area contributed by atoms with E-state index in [0.29, 0.717) is 18.6 Å². The number of halogens is 4. The molecule has 37 heavy (non-hydrogen) atoms. The second kappa shape index (κ2) is 11.9. The monoisotopic (exact) mass is 552 g/mol. The lowest BCUT2D eigenvalue weighted by atomic mass is 10.1. The Hall–Kier alpha value is -3.82. The highest BCUT2D eigenvalue weighted by molar-refractivity contribution is 7.87. The number of amides is 1. The second-order valence-electron chi connectivity index (χ2n) is 7.66. The number of unbranched alkanes of at least 4 members (excludes halogenated alkanes) is 1. The largest absolute Gasteiger partial charge is 0.497 e. The van der Waals surface area contributed by atoms with Crippen LogP contribution in [0.3, 0.4) is 0 Å². The summed E-state index contributed by atoms with van der Waals surface area (Å²) in [5.41, 5.74) is -1.72. The first-order valence-electron chi connectivity index (χ1n) is 10.8. The Kier molecular flexibility index (Phi) is 8.96. The van der Waals surface area contributed by atoms with Gasteiger partial charge < -0.3 is 10.1 Å². The number of ether oxygens (including phenoxy) is 1. The SMILES string of the molecule is COc1ccc(CCCCN(c2ccc(Cl)c(NC(=O)c3ccnc(C#N)c3F)c2F)S(=O)(=O)F)cc1. The molecule has 0 spiro atoms. The third-order valence-corrected chi connectivity index (χ3v) is 6.54. The summed E-state index contributed by atoms with van der Waals surface area (Å²) in [5.74, 6) is -3.08. The molecule has 194 valence electrons. The Labute approximate surface area is 216 Å². The van der Waals surface area contributed by atoms with E-state index in [-0.39, 0.29) is 15.7 Å². The third kappa shape index (κ3) is 6.69. The highest BCUT2D eigenvalue weighted by Gasteiger charge is 2.28. The van der Waals surface area contributed by atoms with E-state index < -0.39 is 57.1 Å². The van der Waals surface area contributed by atoms with Gasteiger partial charge in [0.25, 0.3) is 5.91 Å². The van der Waals surface area contributed by atoms with Crippen LogP contribution in [0.5, 0.6) is 5.75 Å². The molecule has 0 saturated carbocycles. The van der Waals surface area contributed by atoms with E-state index >= 15 is 4.39 Å². The molecular weight excluding hydrogens is 533 g/mol. The highest BCUT2D eigenvalue weighted by Crippen LogP contribution is 2.34. The summed E-state index contributed by atoms with van der Waals surface area (Å²) in [6.07, 6.45) is 2.20. The van der Waals surface area contributed by atoms with Gasteiger partial charge in [0.2, 0.25) is 0 Å². The van der Waals surface area contributed by atoms with Crippen LogP contribution in [0.4, 0.5) is 24.0 Å². The molecule has 0 aliphatic carbocycles. The van der Waals surface area contributed by atoms with E-state index in [1.165, 1.54) is 13.2 Å². The minimum Gasteiger partial charge on any atom is -0.497 e. The van der Waals surface area contributed by atoms with Crippen molar-refractivity contribution in [3.05, 3.63) is 82.1 Å². The molecule has 3 aromatic rings. The molecule has 0 aliphatic rings. The van der Waals surface area contributed by atoms with Gasteiger partial charge in [0.15, 0.2) is 17.3 Å². The molecule has 0 unspecified atom stereocenters. The molecule has 0 atom stereocenters. The van der Waals surface area contributed by atoms with Crippen LogP contribution in [-0.4, -0.2) is 33.0 Å². The summed E-state index contributed by atoms with van der Waals surface area (Å²) in [4.78, 5) is 16.0. The number of aromatic nitrogens is 1. The van der Waals surface area contributed by atoms with Gasteiger partial charge in [-0.3, -0.25) is 4.79 Å². The molecule has 0 aliphatic heterocycles. The number of nitrogens with one attached hydrogen (secondary N) is 1. The van der Waals surface area contributed by atoms with Crippen LogP contribution in [0.15, 0.2) is 48.7 Å². The summed E-state index contributed by atoms with van der Waals surface area (Å²) in [6.45, 7) is -0.397. The van der Waals surface area contributed by atoms with Crippen LogP contribution >= 0.6 is 11.6 Å². The average molecular weight is 553 g/mol. The van der Waals surface area contributed by atoms with E-state index in [9.17, 15) is 21.5 Å². The fourth-order valence-electron chi connectivity index (χ4n) is 3.45. The third-order valence-electron chi connectivity index (χ3n) is 5.32. The van der Waals surface area contributed by atoms with Crippen molar-refractivity contribution >= 4 is 39.3 Å². The molecule has 3 rings (SSSR count). The Bertz CT molecular complexity index is 1450. The number of nitrogens with zero attached hydrogens (tertiary/aromatic N) is 3. The maximum Gasteiger partial charge on any atom is 0.399 e. The molecule has 1 aromatic heterocycles. The molecule has 1 heterocycles. The number of anilines is 2. The number of nitriles is 1. The lowest BCUT2D eigenvalue weighted by molar-refractivity contribution is 0.102. The summed E-state index contributed by atoms with van der Waals surface area (Å²) < 4.78 is 72.8. The van der Waals surface area contributed by atoms with Crippen molar-refractivity contribution in [1.29, 1.82) is 5.26 Å². The number of hydrogen-bond donors (Lipinski definition) is 1. The van der Waals surface area contributed by atoms with Gasteiger partial charge >= 0.3 is 10.4 Å². The van der Waals surface area contributed by atoms with Crippen LogP contribution in [-0.2, 0) is 16.8 Å². The normalized spacial score (nSPS) is 11.0. The number of carbonyl (C=O) groups excluding carboxylic acids is 1. The molecular formula is C24H20ClF3N4O4S. The second-order valence-corrected chi connectivity index (χ2v) is 9.33. The summed E-state index contributed by atoms with van der Waals surface area (Å²) in [6, 6.07) is 11.7. The van der Waals surface area contributed by atoms with Crippen LogP contribution in [0.25, 0.3) is 0 Å². The van der Waals surface area contributed by atoms with Gasteiger partial charge in [0.05, 0.1) is 29.1 Å². The molecule has 8 nitrogen and oxygen atoms in total. The standard InChI is InChI=1S/C24H20ClF3N4O4S/c1-36-16-7-5-15(6-8-16)4-2-3-13-32(37(28,34)35)20-10-9-18(25)23(22(20)27)31-24(33)17-11-12-30-19(14-29)21(17)26/h5-12H,2-4,13H2,1H3,(H,31,33). The van der Waals surface area contributed by atoms with Crippen molar-refractivity contribution in [3.63, 3.8) is 0 Å². The minimum absolute atomic E-state index is 0.179. The number of hydrogen-bond acceptors (Lipinski definition) is 6. The Balaban J connectivity index is 1.80. The molecule has 0 saturated heterocycles. The van der Waals surface area contributed by atoms with Crippen molar-refractivity contribution < 1.29 is 30.6 Å². The maximum absolute atomic E-state index is 15.3. The first-order chi connectivity index (χ1) is 17.6. The zero-order valence-corrected chi connectivity index (χ0v) is 20.9. The summed E-state index contributed by atoms with van der Waals surface area (Å²) >= 11 is 5.98. The van der Waals surface area contributed by atoms with E-state index in [1.54, 1.807) is 12.1 Å². The molecule has 2 aromatic carbocycles. The van der Waals surface area contributed by atoms with Crippen molar-refractivity contribution in [2.75, 3.05) is 23.3 Å². The van der Waals surface area contributed by atoms with Gasteiger partial charge in [0.1, 0.15) is 11.8 Å². The lowest BCUT2D eigenvalue weighted by Gasteiger charge is -2.22. The molecule has 0 bridgehead atoms. The fraction of sp³-hybridized carbons (Fsp3) is 0.208. The Morgan fingerprint density at radius 1 is 1.14 bits per heavy atom. The molecule has 0 radical (unpaired) electrons. The summed E-state index contributed by atoms with van der Waals surface area (Å²) in [5, 5.41) is 10.6. The van der Waals surface area contributed by atoms with E-state index in [2.05, 4.69) is 10.3 Å². The molecule has 0 fully saturated rings. The van der Waals surface area contributed by atoms with Gasteiger partial charge in [-0.2, -0.15) is 13.7 Å². The maximum atomic E-state index is 15.3. The molecule has 13 heteroatoms. The predicted octanol–water partition coefficient (Wildman–Crippen LogP) is 5.19. The van der Waals surface area contributed by atoms with Crippen LogP contribution in [0, 0.1) is 23.0 Å². The number of benzene rings is 2. The molecule has 1 N–H and O–H groups in total. The highest BCUT2D eigenvalue weighted by atomic mass is 35.5. The van der Waals surface area contributed by atoms with Gasteiger partial charge in [0, 0.05) is 12.7 Å². The number of pyridine rings is 1. The van der Waals surface area contributed by atoms with Gasteiger partial charge in [-0.25, -0.2) is 18.1 Å². The van der Waals surface area contributed by atoms with Crippen LogP contribution in [0.2, 0.25) is 5.02 Å². The van der Waals surface area contributed by atoms with Crippen molar-refractivity contribution in [3.8, 4) is 11.8 Å². The number of carbonyl (C=O) groups is 1. The van der Waals surface area contributed by atoms with Gasteiger partial charge in [-0.05, 0) is 55.2 Å². The lowest BCUT2D eigenvalue weighted by Crippen LogP contribution is -2.30. The predicted molar refractivity (Wildman–Crippen MR) is 132 cm³/mol. The van der Waals surface area contributed by atoms with Crippen molar-refractivity contribution in [2.45, 2.75) is 19.3 Å².